The van der Waals surface area contributed by atoms with E-state index in [2.05, 4.69) is 36.4 Å². The molecule has 0 radical (unpaired) electrons. The smallest absolute Gasteiger partial charge is 0.218 e. The highest BCUT2D eigenvalue weighted by molar-refractivity contribution is 6.30. The number of hydrogen-bond donors (Lipinski definition) is 1. The summed E-state index contributed by atoms with van der Waals surface area (Å²) in [6, 6.07) is 22.4. The molecule has 32 heavy (non-hydrogen) atoms. The van der Waals surface area contributed by atoms with E-state index in [0.29, 0.717) is 24.0 Å². The van der Waals surface area contributed by atoms with E-state index in [1.807, 2.05) is 30.3 Å². The molecule has 0 fully saturated rings. The van der Waals surface area contributed by atoms with Crippen LogP contribution in [0.5, 0.6) is 5.75 Å². The molecule has 2 aliphatic rings. The Hall–Kier alpha value is -3.02. The molecular weight excluding hydrogens is 422 g/mol. The van der Waals surface area contributed by atoms with Gasteiger partial charge in [-0.25, -0.2) is 14.9 Å². The van der Waals surface area contributed by atoms with Gasteiger partial charge >= 0.3 is 0 Å². The second kappa shape index (κ2) is 8.49. The van der Waals surface area contributed by atoms with Crippen molar-refractivity contribution in [1.82, 2.24) is 5.06 Å². The summed E-state index contributed by atoms with van der Waals surface area (Å²) in [6.07, 6.45) is 3.68. The third-order valence-corrected chi connectivity index (χ3v) is 6.41. The largest absolute Gasteiger partial charge is 0.488 e. The third-order valence-electron chi connectivity index (χ3n) is 6.18. The van der Waals surface area contributed by atoms with E-state index < -0.39 is 5.72 Å². The number of hydrogen-bond acceptors (Lipinski definition) is 5. The number of aryl methyl sites for hydroxylation is 1. The molecule has 0 saturated heterocycles. The first kappa shape index (κ1) is 20.9. The fourth-order valence-electron chi connectivity index (χ4n) is 4.48. The maximum atomic E-state index is 6.38. The Kier molecular flexibility index (Phi) is 5.53. The zero-order chi connectivity index (χ0) is 22.1. The van der Waals surface area contributed by atoms with Crippen LogP contribution < -0.4 is 10.5 Å². The molecule has 2 N–H and O–H groups in total. The lowest BCUT2D eigenvalue weighted by atomic mass is 9.92. The second-order valence-electron chi connectivity index (χ2n) is 8.33. The summed E-state index contributed by atoms with van der Waals surface area (Å²) in [4.78, 5) is 11.1. The van der Waals surface area contributed by atoms with Gasteiger partial charge in [-0.1, -0.05) is 54.1 Å². The zero-order valence-corrected chi connectivity index (χ0v) is 18.8. The van der Waals surface area contributed by atoms with Gasteiger partial charge in [-0.15, -0.1) is 0 Å². The minimum absolute atomic E-state index is 0.363. The Morgan fingerprint density at radius 1 is 0.969 bits per heavy atom. The number of nitrogens with zero attached hydrogens (tertiary/aromatic N) is 2. The summed E-state index contributed by atoms with van der Waals surface area (Å²) >= 11 is 6.26. The molecule has 164 valence electrons. The maximum Gasteiger partial charge on any atom is 0.218 e. The van der Waals surface area contributed by atoms with Crippen LogP contribution in [0.3, 0.4) is 0 Å². The summed E-state index contributed by atoms with van der Waals surface area (Å²) in [7, 11) is 1.79. The highest BCUT2D eigenvalue weighted by atomic mass is 35.5. The topological polar surface area (TPSA) is 60.1 Å². The van der Waals surface area contributed by atoms with Gasteiger partial charge in [-0.2, -0.15) is 0 Å². The van der Waals surface area contributed by atoms with Gasteiger partial charge in [0.05, 0.1) is 5.56 Å². The fourth-order valence-corrected chi connectivity index (χ4v) is 4.67. The highest BCUT2D eigenvalue weighted by Gasteiger charge is 2.43. The SMILES string of the molecule is CN1OC2(CCCCc3ccccc3COc3ccc(-c4cccc(Cl)c4)cc32)N=C1N. The molecule has 3 aromatic carbocycles. The van der Waals surface area contributed by atoms with Crippen LogP contribution in [-0.4, -0.2) is 18.1 Å². The predicted molar refractivity (Wildman–Crippen MR) is 127 cm³/mol. The summed E-state index contributed by atoms with van der Waals surface area (Å²) in [5.41, 5.74) is 10.7. The Morgan fingerprint density at radius 2 is 1.78 bits per heavy atom. The molecule has 0 amide bonds. The molecule has 3 aromatic rings. The van der Waals surface area contributed by atoms with Gasteiger partial charge in [0.25, 0.3) is 0 Å². The van der Waals surface area contributed by atoms with Gasteiger partial charge < -0.3 is 10.5 Å². The first-order chi connectivity index (χ1) is 15.5. The quantitative estimate of drug-likeness (QED) is 0.523. The van der Waals surface area contributed by atoms with Crippen LogP contribution >= 0.6 is 11.6 Å². The zero-order valence-electron chi connectivity index (χ0n) is 18.1. The summed E-state index contributed by atoms with van der Waals surface area (Å²) < 4.78 is 6.38. The lowest BCUT2D eigenvalue weighted by Crippen LogP contribution is -2.32. The highest BCUT2D eigenvalue weighted by Crippen LogP contribution is 2.44. The molecule has 5 rings (SSSR count). The molecular formula is C26H26ClN3O2. The number of fused-ring (bicyclic) bond motifs is 3. The number of guanidine groups is 1. The monoisotopic (exact) mass is 447 g/mol. The van der Waals surface area contributed by atoms with Gasteiger partial charge in [-0.05, 0) is 65.8 Å². The predicted octanol–water partition coefficient (Wildman–Crippen LogP) is 5.66. The molecule has 2 heterocycles. The van der Waals surface area contributed by atoms with E-state index in [9.17, 15) is 0 Å². The molecule has 1 spiro atoms. The number of ether oxygens (including phenoxy) is 1. The molecule has 0 bridgehead atoms. The van der Waals surface area contributed by atoms with Crippen LogP contribution in [0.4, 0.5) is 0 Å². The Balaban J connectivity index is 1.63. The van der Waals surface area contributed by atoms with Crippen molar-refractivity contribution >= 4 is 17.6 Å². The number of nitrogens with two attached hydrogens (primary N) is 1. The van der Waals surface area contributed by atoms with Crippen LogP contribution in [0.25, 0.3) is 11.1 Å². The molecule has 5 nitrogen and oxygen atoms in total. The normalized spacial score (nSPS) is 20.7. The van der Waals surface area contributed by atoms with E-state index in [-0.39, 0.29) is 0 Å². The van der Waals surface area contributed by atoms with Crippen LogP contribution in [0.1, 0.15) is 36.0 Å². The Bertz CT molecular complexity index is 1180. The van der Waals surface area contributed by atoms with Crippen molar-refractivity contribution in [2.75, 3.05) is 7.05 Å². The maximum absolute atomic E-state index is 6.38. The van der Waals surface area contributed by atoms with Crippen molar-refractivity contribution in [3.05, 3.63) is 88.4 Å². The number of benzene rings is 3. The van der Waals surface area contributed by atoms with Crippen LogP contribution in [0.2, 0.25) is 5.02 Å². The molecule has 1 atom stereocenters. The fraction of sp³-hybridized carbons (Fsp3) is 0.269. The Morgan fingerprint density at radius 3 is 2.56 bits per heavy atom. The first-order valence-electron chi connectivity index (χ1n) is 10.9. The van der Waals surface area contributed by atoms with Gasteiger partial charge in [0, 0.05) is 18.5 Å². The molecule has 2 aliphatic heterocycles. The van der Waals surface area contributed by atoms with Crippen molar-refractivity contribution in [3.8, 4) is 16.9 Å². The van der Waals surface area contributed by atoms with Gasteiger partial charge in [0.15, 0.2) is 0 Å². The number of halogens is 1. The van der Waals surface area contributed by atoms with Crippen molar-refractivity contribution < 1.29 is 9.57 Å². The molecule has 1 unspecified atom stereocenters. The van der Waals surface area contributed by atoms with Gasteiger partial charge in [-0.3, -0.25) is 0 Å². The summed E-state index contributed by atoms with van der Waals surface area (Å²) in [5, 5.41) is 2.24. The molecule has 6 heteroatoms. The van der Waals surface area contributed by atoms with Crippen LogP contribution in [0, 0.1) is 0 Å². The molecule has 0 saturated carbocycles. The molecule has 0 aromatic heterocycles. The minimum atomic E-state index is -0.917. The van der Waals surface area contributed by atoms with Crippen molar-refractivity contribution in [3.63, 3.8) is 0 Å². The first-order valence-corrected chi connectivity index (χ1v) is 11.3. The standard InChI is InChI=1S/C26H26ClN3O2/c1-30-25(28)29-26(32-30)14-5-4-8-18-7-2-3-9-21(18)17-31-24-13-12-20(16-23(24)26)19-10-6-11-22(27)15-19/h2-3,6-7,9-13,15-16H,4-5,8,14,17H2,1H3,(H2,28,29). The number of rotatable bonds is 1. The average molecular weight is 448 g/mol. The third kappa shape index (κ3) is 3.94. The van der Waals surface area contributed by atoms with Crippen molar-refractivity contribution in [2.24, 2.45) is 10.7 Å². The van der Waals surface area contributed by atoms with Crippen molar-refractivity contribution in [1.29, 1.82) is 0 Å². The van der Waals surface area contributed by atoms with E-state index >= 15 is 0 Å². The summed E-state index contributed by atoms with van der Waals surface area (Å²) in [6.45, 7) is 0.491. The van der Waals surface area contributed by atoms with E-state index in [4.69, 9.17) is 31.9 Å². The van der Waals surface area contributed by atoms with E-state index in [1.165, 1.54) is 11.1 Å². The average Bonchev–Trinajstić information content (AvgIpc) is 3.08. The number of aliphatic imine (C=N–C) groups is 1. The van der Waals surface area contributed by atoms with Gasteiger partial charge in [0.2, 0.25) is 11.7 Å². The molecule has 0 aliphatic carbocycles. The minimum Gasteiger partial charge on any atom is -0.488 e. The van der Waals surface area contributed by atoms with Crippen molar-refractivity contribution in [2.45, 2.75) is 38.0 Å². The summed E-state index contributed by atoms with van der Waals surface area (Å²) in [5.74, 6) is 1.11. The van der Waals surface area contributed by atoms with E-state index in [1.54, 1.807) is 12.1 Å². The van der Waals surface area contributed by atoms with Crippen LogP contribution in [-0.2, 0) is 23.6 Å². The lowest BCUT2D eigenvalue weighted by Gasteiger charge is -2.28. The van der Waals surface area contributed by atoms with Gasteiger partial charge in [0.1, 0.15) is 12.4 Å². The Labute approximate surface area is 193 Å². The van der Waals surface area contributed by atoms with E-state index in [0.717, 1.165) is 41.7 Å². The van der Waals surface area contributed by atoms with Crippen LogP contribution in [0.15, 0.2) is 71.7 Å². The second-order valence-corrected chi connectivity index (χ2v) is 8.77. The number of hydroxylamine groups is 2. The lowest BCUT2D eigenvalue weighted by molar-refractivity contribution is -0.177.